The highest BCUT2D eigenvalue weighted by Crippen LogP contribution is 2.58. The van der Waals surface area contributed by atoms with Gasteiger partial charge >= 0.3 is 5.97 Å². The van der Waals surface area contributed by atoms with Crippen molar-refractivity contribution in [3.05, 3.63) is 128 Å². The van der Waals surface area contributed by atoms with Crippen molar-refractivity contribution in [2.24, 2.45) is 5.92 Å². The van der Waals surface area contributed by atoms with E-state index in [1.807, 2.05) is 37.4 Å². The molecule has 1 fully saturated rings. The van der Waals surface area contributed by atoms with Crippen LogP contribution in [0.15, 0.2) is 90.3 Å². The summed E-state index contributed by atoms with van der Waals surface area (Å²) in [5.41, 5.74) is 1.49. The largest absolute Gasteiger partial charge is 0.479 e. The highest BCUT2D eigenvalue weighted by atomic mass is 35.5. The number of likely N-dealkylation sites (tertiary alicyclic amines) is 1. The molecule has 4 unspecified atom stereocenters. The Kier molecular flexibility index (Phi) is 7.19. The molecule has 1 aliphatic heterocycles. The quantitative estimate of drug-likeness (QED) is 0.252. The number of hydrogen-bond donors (Lipinski definition) is 1. The van der Waals surface area contributed by atoms with Crippen LogP contribution < -0.4 is 0 Å². The number of carbonyl (C=O) groups is 3. The average molecular weight is 558 g/mol. The van der Waals surface area contributed by atoms with Gasteiger partial charge in [-0.25, -0.2) is 4.79 Å². The molecule has 39 heavy (non-hydrogen) atoms. The fourth-order valence-electron chi connectivity index (χ4n) is 5.89. The summed E-state index contributed by atoms with van der Waals surface area (Å²) >= 11 is 7.65. The fraction of sp³-hybridized carbons (Fsp3) is 0.219. The fourth-order valence-corrected chi connectivity index (χ4v) is 7.21. The lowest BCUT2D eigenvalue weighted by molar-refractivity contribution is -0.148. The first kappa shape index (κ1) is 26.9. The average Bonchev–Trinajstić information content (AvgIpc) is 3.47. The highest BCUT2D eigenvalue weighted by molar-refractivity contribution is 7.10. The van der Waals surface area contributed by atoms with Crippen molar-refractivity contribution < 1.29 is 19.5 Å². The van der Waals surface area contributed by atoms with E-state index in [0.29, 0.717) is 21.7 Å². The Bertz CT molecular complexity index is 1550. The van der Waals surface area contributed by atoms with Crippen molar-refractivity contribution in [2.75, 3.05) is 0 Å². The molecule has 4 aromatic rings. The van der Waals surface area contributed by atoms with Crippen LogP contribution in [0, 0.1) is 19.8 Å². The number of aliphatic carboxylic acids is 1. The van der Waals surface area contributed by atoms with Crippen LogP contribution in [0.3, 0.4) is 0 Å². The molecule has 0 spiro atoms. The lowest BCUT2D eigenvalue weighted by atomic mass is 9.73. The smallest absolute Gasteiger partial charge is 0.330 e. The van der Waals surface area contributed by atoms with Crippen molar-refractivity contribution >= 4 is 40.6 Å². The normalized spacial score (nSPS) is 22.6. The number of ketones is 1. The number of carboxylic acid groups (broad SMARTS) is 1. The molecule has 2 heterocycles. The van der Waals surface area contributed by atoms with Gasteiger partial charge in [-0.15, -0.1) is 11.3 Å². The third-order valence-electron chi connectivity index (χ3n) is 7.86. The van der Waals surface area contributed by atoms with E-state index in [2.05, 4.69) is 0 Å². The van der Waals surface area contributed by atoms with E-state index in [9.17, 15) is 19.5 Å². The highest BCUT2D eigenvalue weighted by Gasteiger charge is 2.65. The van der Waals surface area contributed by atoms with Crippen molar-refractivity contribution in [1.29, 1.82) is 0 Å². The van der Waals surface area contributed by atoms with Gasteiger partial charge in [0.25, 0.3) is 5.91 Å². The minimum Gasteiger partial charge on any atom is -0.479 e. The van der Waals surface area contributed by atoms with Crippen LogP contribution in [0.25, 0.3) is 0 Å². The second-order valence-electron chi connectivity index (χ2n) is 10.1. The van der Waals surface area contributed by atoms with Crippen LogP contribution in [-0.2, 0) is 4.79 Å². The summed E-state index contributed by atoms with van der Waals surface area (Å²) in [5.74, 6) is -3.46. The number of benzene rings is 3. The van der Waals surface area contributed by atoms with Crippen LogP contribution in [0.4, 0.5) is 0 Å². The van der Waals surface area contributed by atoms with Gasteiger partial charge in [-0.1, -0.05) is 66.2 Å². The molecule has 0 bridgehead atoms. The summed E-state index contributed by atoms with van der Waals surface area (Å²) in [7, 11) is 0. The maximum atomic E-state index is 14.6. The third kappa shape index (κ3) is 4.48. The first-order valence-electron chi connectivity index (χ1n) is 12.7. The Balaban J connectivity index is 1.84. The number of amides is 1. The van der Waals surface area contributed by atoms with Gasteiger partial charge in [-0.2, -0.15) is 0 Å². The zero-order valence-corrected chi connectivity index (χ0v) is 23.4. The molecule has 198 valence electrons. The number of carboxylic acids is 1. The number of aryl methyl sites for hydroxylation is 2. The van der Waals surface area contributed by atoms with E-state index in [4.69, 9.17) is 11.6 Å². The SMILES string of the molecule is Cc1ccccc1C(=O)C1C(c2ccc(Cl)cc2)N(C(=O)c2ccccc2)C(C)(C(=O)O)C1c1sccc1C. The summed E-state index contributed by atoms with van der Waals surface area (Å²) < 4.78 is 0. The predicted molar refractivity (Wildman–Crippen MR) is 154 cm³/mol. The lowest BCUT2D eigenvalue weighted by Crippen LogP contribution is -2.54. The first-order chi connectivity index (χ1) is 18.7. The predicted octanol–water partition coefficient (Wildman–Crippen LogP) is 7.34. The molecule has 1 aromatic heterocycles. The molecule has 0 radical (unpaired) electrons. The molecule has 1 aliphatic rings. The molecule has 3 aromatic carbocycles. The standard InChI is InChI=1S/C32H28ClNO4S/c1-19-9-7-8-12-24(19)28(35)25-26(29-20(2)17-18-39-29)32(3,31(37)38)34(30(36)22-10-5-4-6-11-22)27(25)21-13-15-23(33)16-14-21/h4-18,25-27H,1-3H3,(H,37,38). The maximum absolute atomic E-state index is 14.6. The molecule has 7 heteroatoms. The minimum atomic E-state index is -1.73. The van der Waals surface area contributed by atoms with Gasteiger partial charge in [0.1, 0.15) is 5.54 Å². The van der Waals surface area contributed by atoms with Crippen LogP contribution in [0.1, 0.15) is 61.2 Å². The molecule has 1 N–H and O–H groups in total. The molecule has 5 nitrogen and oxygen atoms in total. The summed E-state index contributed by atoms with van der Waals surface area (Å²) in [6.45, 7) is 5.37. The van der Waals surface area contributed by atoms with Gasteiger partial charge in [0.2, 0.25) is 0 Å². The summed E-state index contributed by atoms with van der Waals surface area (Å²) in [6.07, 6.45) is 0. The number of carbonyl (C=O) groups excluding carboxylic acids is 2. The second kappa shape index (κ2) is 10.4. The summed E-state index contributed by atoms with van der Waals surface area (Å²) in [6, 6.07) is 24.0. The van der Waals surface area contributed by atoms with Crippen LogP contribution in [0.5, 0.6) is 0 Å². The minimum absolute atomic E-state index is 0.193. The van der Waals surface area contributed by atoms with Gasteiger partial charge in [0.05, 0.1) is 12.0 Å². The Morgan fingerprint density at radius 3 is 2.10 bits per heavy atom. The van der Waals surface area contributed by atoms with Crippen molar-refractivity contribution in [3.8, 4) is 0 Å². The third-order valence-corrected chi connectivity index (χ3v) is 9.22. The molecule has 0 saturated carbocycles. The van der Waals surface area contributed by atoms with Crippen molar-refractivity contribution in [3.63, 3.8) is 0 Å². The van der Waals surface area contributed by atoms with Crippen LogP contribution in [-0.4, -0.2) is 33.2 Å². The van der Waals surface area contributed by atoms with E-state index in [1.165, 1.54) is 16.2 Å². The van der Waals surface area contributed by atoms with E-state index in [0.717, 1.165) is 16.0 Å². The Labute approximate surface area is 236 Å². The first-order valence-corrected chi connectivity index (χ1v) is 13.9. The number of nitrogens with zero attached hydrogens (tertiary/aromatic N) is 1. The number of hydrogen-bond acceptors (Lipinski definition) is 4. The van der Waals surface area contributed by atoms with Gasteiger partial charge < -0.3 is 10.0 Å². The number of halogens is 1. The van der Waals surface area contributed by atoms with Gasteiger partial charge in [-0.3, -0.25) is 9.59 Å². The van der Waals surface area contributed by atoms with Gasteiger partial charge in [-0.05, 0) is 73.2 Å². The molecular weight excluding hydrogens is 530 g/mol. The lowest BCUT2D eigenvalue weighted by Gasteiger charge is -2.38. The second-order valence-corrected chi connectivity index (χ2v) is 11.5. The van der Waals surface area contributed by atoms with E-state index < -0.39 is 35.3 Å². The maximum Gasteiger partial charge on any atom is 0.330 e. The van der Waals surface area contributed by atoms with E-state index in [-0.39, 0.29) is 5.78 Å². The summed E-state index contributed by atoms with van der Waals surface area (Å²) in [5, 5.41) is 13.3. The molecular formula is C32H28ClNO4S. The molecule has 1 saturated heterocycles. The van der Waals surface area contributed by atoms with E-state index >= 15 is 0 Å². The molecule has 0 aliphatic carbocycles. The zero-order valence-electron chi connectivity index (χ0n) is 21.8. The number of thiophene rings is 1. The van der Waals surface area contributed by atoms with E-state index in [1.54, 1.807) is 73.7 Å². The monoisotopic (exact) mass is 557 g/mol. The number of Topliss-reactive ketones (excluding diaryl/α,β-unsaturated/α-hetero) is 1. The topological polar surface area (TPSA) is 74.7 Å². The molecule has 4 atom stereocenters. The van der Waals surface area contributed by atoms with Gasteiger partial charge in [0.15, 0.2) is 5.78 Å². The number of rotatable bonds is 6. The van der Waals surface area contributed by atoms with Crippen molar-refractivity contribution in [2.45, 2.75) is 38.3 Å². The molecule has 1 amide bonds. The van der Waals surface area contributed by atoms with Crippen LogP contribution >= 0.6 is 22.9 Å². The summed E-state index contributed by atoms with van der Waals surface area (Å²) in [4.78, 5) is 44.5. The molecule has 5 rings (SSSR count). The Hall–Kier alpha value is -3.74. The zero-order chi connectivity index (χ0) is 27.9. The Morgan fingerprint density at radius 2 is 1.51 bits per heavy atom. The van der Waals surface area contributed by atoms with Gasteiger partial charge in [0, 0.05) is 26.9 Å². The van der Waals surface area contributed by atoms with Crippen LogP contribution in [0.2, 0.25) is 5.02 Å². The van der Waals surface area contributed by atoms with Crippen molar-refractivity contribution in [1.82, 2.24) is 4.90 Å². The Morgan fingerprint density at radius 1 is 0.872 bits per heavy atom.